The van der Waals surface area contributed by atoms with Gasteiger partial charge in [0, 0.05) is 12.6 Å². The van der Waals surface area contributed by atoms with Crippen LogP contribution in [0.25, 0.3) is 0 Å². The number of aryl methyl sites for hydroxylation is 2. The molecule has 2 aliphatic heterocycles. The monoisotopic (exact) mass is 246 g/mol. The first-order valence-electron chi connectivity index (χ1n) is 6.41. The van der Waals surface area contributed by atoms with E-state index in [1.807, 2.05) is 11.0 Å². The van der Waals surface area contributed by atoms with Gasteiger partial charge < -0.3 is 15.0 Å². The third-order valence-electron chi connectivity index (χ3n) is 3.87. The van der Waals surface area contributed by atoms with Gasteiger partial charge in [0.05, 0.1) is 19.3 Å². The SMILES string of the molecule is COc1cc(C)c2c(c1)CCC1CNCC(=O)N21. The Hall–Kier alpha value is -1.55. The number of nitrogens with one attached hydrogen (secondary N) is 1. The number of ether oxygens (including phenoxy) is 1. The topological polar surface area (TPSA) is 41.6 Å². The number of piperazine rings is 1. The van der Waals surface area contributed by atoms with E-state index in [1.54, 1.807) is 7.11 Å². The molecule has 0 aromatic heterocycles. The maximum atomic E-state index is 12.1. The van der Waals surface area contributed by atoms with Gasteiger partial charge >= 0.3 is 0 Å². The van der Waals surface area contributed by atoms with Crippen LogP contribution in [0.3, 0.4) is 0 Å². The van der Waals surface area contributed by atoms with E-state index in [1.165, 1.54) is 5.56 Å². The predicted octanol–water partition coefficient (Wildman–Crippen LogP) is 1.25. The lowest BCUT2D eigenvalue weighted by atomic mass is 9.91. The first kappa shape index (κ1) is 11.5. The lowest BCUT2D eigenvalue weighted by Gasteiger charge is -2.41. The molecule has 0 aliphatic carbocycles. The van der Waals surface area contributed by atoms with Crippen LogP contribution in [0, 0.1) is 6.92 Å². The molecule has 3 rings (SSSR count). The minimum absolute atomic E-state index is 0.181. The molecule has 96 valence electrons. The summed E-state index contributed by atoms with van der Waals surface area (Å²) in [5.41, 5.74) is 3.47. The van der Waals surface area contributed by atoms with Crippen molar-refractivity contribution in [2.75, 3.05) is 25.1 Å². The highest BCUT2D eigenvalue weighted by molar-refractivity contribution is 5.98. The highest BCUT2D eigenvalue weighted by atomic mass is 16.5. The van der Waals surface area contributed by atoms with E-state index in [0.717, 1.165) is 36.4 Å². The van der Waals surface area contributed by atoms with Gasteiger partial charge in [0.2, 0.25) is 5.91 Å². The van der Waals surface area contributed by atoms with Crippen molar-refractivity contribution in [3.63, 3.8) is 0 Å². The lowest BCUT2D eigenvalue weighted by Crippen LogP contribution is -2.57. The Morgan fingerprint density at radius 1 is 1.44 bits per heavy atom. The molecule has 4 nitrogen and oxygen atoms in total. The Kier molecular flexibility index (Phi) is 2.74. The van der Waals surface area contributed by atoms with Gasteiger partial charge in [-0.2, -0.15) is 0 Å². The van der Waals surface area contributed by atoms with Crippen molar-refractivity contribution < 1.29 is 9.53 Å². The van der Waals surface area contributed by atoms with E-state index >= 15 is 0 Å². The van der Waals surface area contributed by atoms with Crippen molar-refractivity contribution >= 4 is 11.6 Å². The fourth-order valence-electron chi connectivity index (χ4n) is 3.06. The minimum Gasteiger partial charge on any atom is -0.497 e. The molecule has 2 aliphatic rings. The molecular formula is C14H18N2O2. The van der Waals surface area contributed by atoms with Gasteiger partial charge in [-0.3, -0.25) is 4.79 Å². The predicted molar refractivity (Wildman–Crippen MR) is 70.2 cm³/mol. The molecule has 0 spiro atoms. The molecule has 1 N–H and O–H groups in total. The zero-order valence-electron chi connectivity index (χ0n) is 10.8. The second kappa shape index (κ2) is 4.28. The highest BCUT2D eigenvalue weighted by Gasteiger charge is 2.34. The second-order valence-electron chi connectivity index (χ2n) is 5.04. The van der Waals surface area contributed by atoms with Gasteiger partial charge in [-0.05, 0) is 43.0 Å². The van der Waals surface area contributed by atoms with Crippen molar-refractivity contribution in [2.45, 2.75) is 25.8 Å². The van der Waals surface area contributed by atoms with Gasteiger partial charge in [0.1, 0.15) is 5.75 Å². The summed E-state index contributed by atoms with van der Waals surface area (Å²) < 4.78 is 5.31. The number of fused-ring (bicyclic) bond motifs is 3. The van der Waals surface area contributed by atoms with Crippen LogP contribution in [-0.4, -0.2) is 32.1 Å². The van der Waals surface area contributed by atoms with E-state index in [0.29, 0.717) is 12.6 Å². The van der Waals surface area contributed by atoms with E-state index in [2.05, 4.69) is 18.3 Å². The van der Waals surface area contributed by atoms with Crippen LogP contribution in [0.1, 0.15) is 17.5 Å². The summed E-state index contributed by atoms with van der Waals surface area (Å²) in [5, 5.41) is 3.19. The van der Waals surface area contributed by atoms with Crippen LogP contribution in [0.5, 0.6) is 5.75 Å². The molecule has 1 saturated heterocycles. The number of amides is 1. The molecule has 18 heavy (non-hydrogen) atoms. The number of anilines is 1. The highest BCUT2D eigenvalue weighted by Crippen LogP contribution is 2.37. The number of rotatable bonds is 1. The van der Waals surface area contributed by atoms with Crippen LogP contribution < -0.4 is 15.0 Å². The second-order valence-corrected chi connectivity index (χ2v) is 5.04. The fourth-order valence-corrected chi connectivity index (χ4v) is 3.06. The number of methoxy groups -OCH3 is 1. The molecule has 2 heterocycles. The number of hydrogen-bond acceptors (Lipinski definition) is 3. The molecular weight excluding hydrogens is 228 g/mol. The minimum atomic E-state index is 0.181. The molecule has 1 unspecified atom stereocenters. The summed E-state index contributed by atoms with van der Waals surface area (Å²) in [6.07, 6.45) is 2.04. The summed E-state index contributed by atoms with van der Waals surface area (Å²) in [6, 6.07) is 4.38. The summed E-state index contributed by atoms with van der Waals surface area (Å²) in [6.45, 7) is 3.40. The molecule has 1 aromatic carbocycles. The molecule has 1 amide bonds. The molecule has 0 radical (unpaired) electrons. The van der Waals surface area contributed by atoms with E-state index in [9.17, 15) is 4.79 Å². The molecule has 1 aromatic rings. The van der Waals surface area contributed by atoms with Crippen LogP contribution in [0.15, 0.2) is 12.1 Å². The zero-order valence-corrected chi connectivity index (χ0v) is 10.8. The lowest BCUT2D eigenvalue weighted by molar-refractivity contribution is -0.119. The number of benzene rings is 1. The summed E-state index contributed by atoms with van der Waals surface area (Å²) in [5.74, 6) is 1.06. The van der Waals surface area contributed by atoms with E-state index < -0.39 is 0 Å². The van der Waals surface area contributed by atoms with Crippen LogP contribution in [0.4, 0.5) is 5.69 Å². The standard InChI is InChI=1S/C14H18N2O2/c1-9-5-12(18-2)6-10-3-4-11-7-15-8-13(17)16(11)14(9)10/h5-6,11,15H,3-4,7-8H2,1-2H3. The molecule has 1 atom stereocenters. The van der Waals surface area contributed by atoms with Crippen molar-refractivity contribution in [3.8, 4) is 5.75 Å². The summed E-state index contributed by atoms with van der Waals surface area (Å²) in [4.78, 5) is 14.1. The van der Waals surface area contributed by atoms with Crippen LogP contribution >= 0.6 is 0 Å². The third kappa shape index (κ3) is 1.68. The zero-order chi connectivity index (χ0) is 12.7. The number of carbonyl (C=O) groups is 1. The van der Waals surface area contributed by atoms with Crippen molar-refractivity contribution in [1.29, 1.82) is 0 Å². The molecule has 0 bridgehead atoms. The number of carbonyl (C=O) groups excluding carboxylic acids is 1. The maximum absolute atomic E-state index is 12.1. The molecule has 0 saturated carbocycles. The molecule has 1 fully saturated rings. The average Bonchev–Trinajstić information content (AvgIpc) is 2.38. The Morgan fingerprint density at radius 2 is 2.28 bits per heavy atom. The maximum Gasteiger partial charge on any atom is 0.241 e. The molecule has 4 heteroatoms. The van der Waals surface area contributed by atoms with Crippen molar-refractivity contribution in [3.05, 3.63) is 23.3 Å². The van der Waals surface area contributed by atoms with Gasteiger partial charge in [0.25, 0.3) is 0 Å². The number of hydrogen-bond donors (Lipinski definition) is 1. The quantitative estimate of drug-likeness (QED) is 0.811. The van der Waals surface area contributed by atoms with Crippen molar-refractivity contribution in [2.24, 2.45) is 0 Å². The van der Waals surface area contributed by atoms with Gasteiger partial charge in [-0.15, -0.1) is 0 Å². The van der Waals surface area contributed by atoms with Gasteiger partial charge in [-0.25, -0.2) is 0 Å². The van der Waals surface area contributed by atoms with E-state index in [-0.39, 0.29) is 5.91 Å². The third-order valence-corrected chi connectivity index (χ3v) is 3.87. The first-order chi connectivity index (χ1) is 8.70. The normalized spacial score (nSPS) is 22.4. The van der Waals surface area contributed by atoms with Gasteiger partial charge in [0.15, 0.2) is 0 Å². The van der Waals surface area contributed by atoms with Gasteiger partial charge in [-0.1, -0.05) is 0 Å². The van der Waals surface area contributed by atoms with Crippen LogP contribution in [-0.2, 0) is 11.2 Å². The van der Waals surface area contributed by atoms with E-state index in [4.69, 9.17) is 4.74 Å². The summed E-state index contributed by atoms with van der Waals surface area (Å²) >= 11 is 0. The smallest absolute Gasteiger partial charge is 0.241 e. The Balaban J connectivity index is 2.10. The first-order valence-corrected chi connectivity index (χ1v) is 6.41. The fraction of sp³-hybridized carbons (Fsp3) is 0.500. The Labute approximate surface area is 107 Å². The average molecular weight is 246 g/mol. The largest absolute Gasteiger partial charge is 0.497 e. The number of nitrogens with zero attached hydrogens (tertiary/aromatic N) is 1. The summed E-state index contributed by atoms with van der Waals surface area (Å²) in [7, 11) is 1.68. The Bertz CT molecular complexity index is 499. The van der Waals surface area contributed by atoms with Crippen molar-refractivity contribution in [1.82, 2.24) is 5.32 Å². The van der Waals surface area contributed by atoms with Crippen LogP contribution in [0.2, 0.25) is 0 Å². The Morgan fingerprint density at radius 3 is 3.06 bits per heavy atom.